The average Bonchev–Trinajstić information content (AvgIpc) is 2.31. The molecule has 1 aliphatic rings. The van der Waals surface area contributed by atoms with Gasteiger partial charge in [-0.15, -0.1) is 12.4 Å². The summed E-state index contributed by atoms with van der Waals surface area (Å²) >= 11 is 0. The lowest BCUT2D eigenvalue weighted by Gasteiger charge is -2.08. The van der Waals surface area contributed by atoms with Gasteiger partial charge in [0.15, 0.2) is 0 Å². The number of nitrogens with one attached hydrogen (secondary N) is 2. The van der Waals surface area contributed by atoms with E-state index in [0.29, 0.717) is 19.5 Å². The van der Waals surface area contributed by atoms with E-state index in [9.17, 15) is 9.18 Å². The molecule has 0 aromatic carbocycles. The number of amides is 1. The molecular weight excluding hydrogens is 183 g/mol. The number of alkyl halides is 1. The SMILES string of the molecule is CC(=O)NC[C@@H]1C[C@H](F)CN1.Cl. The summed E-state index contributed by atoms with van der Waals surface area (Å²) in [5, 5.41) is 5.61. The summed E-state index contributed by atoms with van der Waals surface area (Å²) in [4.78, 5) is 10.4. The molecule has 0 aliphatic carbocycles. The molecule has 0 radical (unpaired) electrons. The fourth-order valence-electron chi connectivity index (χ4n) is 1.19. The van der Waals surface area contributed by atoms with E-state index in [0.717, 1.165) is 0 Å². The van der Waals surface area contributed by atoms with E-state index in [-0.39, 0.29) is 24.4 Å². The van der Waals surface area contributed by atoms with E-state index < -0.39 is 6.17 Å². The second-order valence-electron chi connectivity index (χ2n) is 2.88. The van der Waals surface area contributed by atoms with E-state index in [1.54, 1.807) is 0 Å². The van der Waals surface area contributed by atoms with Gasteiger partial charge in [-0.3, -0.25) is 4.79 Å². The molecule has 1 aliphatic heterocycles. The molecule has 2 N–H and O–H groups in total. The van der Waals surface area contributed by atoms with Gasteiger partial charge in [-0.05, 0) is 6.42 Å². The van der Waals surface area contributed by atoms with Crippen molar-refractivity contribution in [1.82, 2.24) is 10.6 Å². The number of carbonyl (C=O) groups is 1. The molecule has 5 heteroatoms. The lowest BCUT2D eigenvalue weighted by Crippen LogP contribution is -2.35. The van der Waals surface area contributed by atoms with E-state index in [2.05, 4.69) is 10.6 Å². The highest BCUT2D eigenvalue weighted by molar-refractivity contribution is 5.85. The molecule has 0 spiro atoms. The number of hydrogen-bond acceptors (Lipinski definition) is 2. The van der Waals surface area contributed by atoms with Gasteiger partial charge in [0.05, 0.1) is 0 Å². The Morgan fingerprint density at radius 3 is 2.83 bits per heavy atom. The largest absolute Gasteiger partial charge is 0.355 e. The predicted octanol–water partition coefficient (Wildman–Crippen LogP) is 0.244. The summed E-state index contributed by atoms with van der Waals surface area (Å²) in [6.45, 7) is 2.42. The molecule has 12 heavy (non-hydrogen) atoms. The van der Waals surface area contributed by atoms with Crippen molar-refractivity contribution >= 4 is 18.3 Å². The first kappa shape index (κ1) is 11.6. The molecule has 0 saturated carbocycles. The quantitative estimate of drug-likeness (QED) is 0.665. The van der Waals surface area contributed by atoms with Crippen LogP contribution < -0.4 is 10.6 Å². The van der Waals surface area contributed by atoms with Crippen LogP contribution in [0.4, 0.5) is 4.39 Å². The Balaban J connectivity index is 0.00000121. The van der Waals surface area contributed by atoms with Crippen LogP contribution in [0.3, 0.4) is 0 Å². The Bertz CT molecular complexity index is 156. The van der Waals surface area contributed by atoms with Crippen LogP contribution in [0, 0.1) is 0 Å². The van der Waals surface area contributed by atoms with Gasteiger partial charge < -0.3 is 10.6 Å². The fraction of sp³-hybridized carbons (Fsp3) is 0.857. The number of hydrogen-bond donors (Lipinski definition) is 2. The van der Waals surface area contributed by atoms with Gasteiger partial charge in [0.1, 0.15) is 6.17 Å². The molecular formula is C7H14ClFN2O. The Morgan fingerprint density at radius 2 is 2.42 bits per heavy atom. The maximum atomic E-state index is 12.5. The van der Waals surface area contributed by atoms with Crippen LogP contribution in [0.15, 0.2) is 0 Å². The standard InChI is InChI=1S/C7H13FN2O.ClH/c1-5(11)9-4-7-2-6(8)3-10-7;/h6-7,10H,2-4H2,1H3,(H,9,11);1H/t6-,7-;/m0./s1. The molecule has 0 unspecified atom stereocenters. The fourth-order valence-corrected chi connectivity index (χ4v) is 1.19. The van der Waals surface area contributed by atoms with Crippen LogP contribution in [0.5, 0.6) is 0 Å². The summed E-state index contributed by atoms with van der Waals surface area (Å²) in [6, 6.07) is 0.119. The molecule has 1 heterocycles. The third-order valence-corrected chi connectivity index (χ3v) is 1.77. The van der Waals surface area contributed by atoms with Gasteiger partial charge in [-0.25, -0.2) is 4.39 Å². The van der Waals surface area contributed by atoms with Crippen LogP contribution in [0.2, 0.25) is 0 Å². The van der Waals surface area contributed by atoms with Crippen molar-refractivity contribution in [2.75, 3.05) is 13.1 Å². The smallest absolute Gasteiger partial charge is 0.216 e. The second-order valence-corrected chi connectivity index (χ2v) is 2.88. The van der Waals surface area contributed by atoms with E-state index in [4.69, 9.17) is 0 Å². The summed E-state index contributed by atoms with van der Waals surface area (Å²) in [5.41, 5.74) is 0. The Labute approximate surface area is 77.5 Å². The summed E-state index contributed by atoms with van der Waals surface area (Å²) in [5.74, 6) is -0.0610. The first-order valence-corrected chi connectivity index (χ1v) is 3.80. The third-order valence-electron chi connectivity index (χ3n) is 1.77. The van der Waals surface area contributed by atoms with Crippen molar-refractivity contribution in [1.29, 1.82) is 0 Å². The third kappa shape index (κ3) is 3.88. The molecule has 0 aromatic rings. The molecule has 0 bridgehead atoms. The highest BCUT2D eigenvalue weighted by Gasteiger charge is 2.22. The topological polar surface area (TPSA) is 41.1 Å². The normalized spacial score (nSPS) is 27.8. The van der Waals surface area contributed by atoms with Crippen LogP contribution in [0.25, 0.3) is 0 Å². The zero-order valence-corrected chi connectivity index (χ0v) is 7.79. The lowest BCUT2D eigenvalue weighted by molar-refractivity contribution is -0.119. The number of halogens is 2. The Hall–Kier alpha value is -0.350. The molecule has 1 saturated heterocycles. The van der Waals surface area contributed by atoms with Gasteiger partial charge in [0.25, 0.3) is 0 Å². The first-order chi connectivity index (χ1) is 5.18. The van der Waals surface area contributed by atoms with Crippen LogP contribution in [-0.4, -0.2) is 31.2 Å². The van der Waals surface area contributed by atoms with E-state index in [1.807, 2.05) is 0 Å². The first-order valence-electron chi connectivity index (χ1n) is 3.80. The zero-order valence-electron chi connectivity index (χ0n) is 6.97. The average molecular weight is 197 g/mol. The van der Waals surface area contributed by atoms with Crippen molar-refractivity contribution in [3.63, 3.8) is 0 Å². The number of carbonyl (C=O) groups excluding carboxylic acids is 1. The van der Waals surface area contributed by atoms with Gasteiger partial charge in [0, 0.05) is 26.1 Å². The monoisotopic (exact) mass is 196 g/mol. The highest BCUT2D eigenvalue weighted by atomic mass is 35.5. The van der Waals surface area contributed by atoms with Gasteiger partial charge >= 0.3 is 0 Å². The van der Waals surface area contributed by atoms with Crippen molar-refractivity contribution in [3.8, 4) is 0 Å². The van der Waals surface area contributed by atoms with Crippen LogP contribution in [0.1, 0.15) is 13.3 Å². The molecule has 72 valence electrons. The molecule has 1 fully saturated rings. The van der Waals surface area contributed by atoms with Crippen molar-refractivity contribution in [2.24, 2.45) is 0 Å². The minimum atomic E-state index is -0.742. The zero-order chi connectivity index (χ0) is 8.27. The second kappa shape index (κ2) is 5.32. The summed E-state index contributed by atoms with van der Waals surface area (Å²) in [7, 11) is 0. The van der Waals surface area contributed by atoms with Crippen molar-refractivity contribution < 1.29 is 9.18 Å². The predicted molar refractivity (Wildman–Crippen MR) is 47.2 cm³/mol. The van der Waals surface area contributed by atoms with E-state index in [1.165, 1.54) is 6.92 Å². The Morgan fingerprint density at radius 1 is 1.75 bits per heavy atom. The van der Waals surface area contributed by atoms with E-state index >= 15 is 0 Å². The van der Waals surface area contributed by atoms with Gasteiger partial charge in [-0.2, -0.15) is 0 Å². The van der Waals surface area contributed by atoms with Crippen molar-refractivity contribution in [3.05, 3.63) is 0 Å². The molecule has 1 rings (SSSR count). The minimum Gasteiger partial charge on any atom is -0.355 e. The van der Waals surface area contributed by atoms with Crippen LogP contribution >= 0.6 is 12.4 Å². The molecule has 3 nitrogen and oxygen atoms in total. The van der Waals surface area contributed by atoms with Crippen LogP contribution in [-0.2, 0) is 4.79 Å². The van der Waals surface area contributed by atoms with Crippen molar-refractivity contribution in [2.45, 2.75) is 25.6 Å². The minimum absolute atomic E-state index is 0. The molecule has 0 aromatic heterocycles. The Kier molecular flexibility index (Phi) is 5.17. The van der Waals surface area contributed by atoms with Gasteiger partial charge in [-0.1, -0.05) is 0 Å². The molecule has 2 atom stereocenters. The summed E-state index contributed by atoms with van der Waals surface area (Å²) in [6.07, 6.45) is -0.228. The maximum Gasteiger partial charge on any atom is 0.216 e. The lowest BCUT2D eigenvalue weighted by atomic mass is 10.2. The highest BCUT2D eigenvalue weighted by Crippen LogP contribution is 2.08. The summed E-state index contributed by atoms with van der Waals surface area (Å²) < 4.78 is 12.5. The number of rotatable bonds is 2. The van der Waals surface area contributed by atoms with Gasteiger partial charge in [0.2, 0.25) is 5.91 Å². The molecule has 1 amide bonds. The maximum absolute atomic E-state index is 12.5.